The minimum absolute atomic E-state index is 0.275. The van der Waals surface area contributed by atoms with E-state index in [9.17, 15) is 9.18 Å². The summed E-state index contributed by atoms with van der Waals surface area (Å²) >= 11 is 0. The minimum Gasteiger partial charge on any atom is -0.399 e. The molecule has 0 aliphatic carbocycles. The second-order valence-electron chi connectivity index (χ2n) is 4.20. The summed E-state index contributed by atoms with van der Waals surface area (Å²) in [5.41, 5.74) is 13.3. The molecule has 19 heavy (non-hydrogen) atoms. The Kier molecular flexibility index (Phi) is 3.66. The average Bonchev–Trinajstić information content (AvgIpc) is 2.36. The van der Waals surface area contributed by atoms with Crippen molar-refractivity contribution in [3.63, 3.8) is 0 Å². The molecule has 0 saturated heterocycles. The Labute approximate surface area is 110 Å². The standard InChI is InChI=1S/C14H14FN3O/c15-11-3-1-9(2-4-11)8-18-14(19)10-5-12(16)7-13(17)6-10/h1-7H,8,16-17H2,(H,18,19). The van der Waals surface area contributed by atoms with Gasteiger partial charge in [0.25, 0.3) is 5.91 Å². The molecule has 4 nitrogen and oxygen atoms in total. The fraction of sp³-hybridized carbons (Fsp3) is 0.0714. The Balaban J connectivity index is 2.03. The number of carbonyl (C=O) groups excluding carboxylic acids is 1. The fourth-order valence-electron chi connectivity index (χ4n) is 1.69. The quantitative estimate of drug-likeness (QED) is 0.736. The van der Waals surface area contributed by atoms with Crippen molar-refractivity contribution in [1.82, 2.24) is 5.32 Å². The number of halogens is 1. The summed E-state index contributed by atoms with van der Waals surface area (Å²) in [7, 11) is 0. The van der Waals surface area contributed by atoms with E-state index in [4.69, 9.17) is 11.5 Å². The first-order valence-corrected chi connectivity index (χ1v) is 5.73. The summed E-state index contributed by atoms with van der Waals surface area (Å²) in [5.74, 6) is -0.581. The molecule has 2 aromatic carbocycles. The highest BCUT2D eigenvalue weighted by molar-refractivity contribution is 5.96. The summed E-state index contributed by atoms with van der Waals surface area (Å²) in [4.78, 5) is 11.9. The maximum absolute atomic E-state index is 12.7. The van der Waals surface area contributed by atoms with Gasteiger partial charge in [0.15, 0.2) is 0 Å². The normalized spacial score (nSPS) is 10.2. The average molecular weight is 259 g/mol. The van der Waals surface area contributed by atoms with Crippen LogP contribution in [0.15, 0.2) is 42.5 Å². The molecule has 2 rings (SSSR count). The van der Waals surface area contributed by atoms with Crippen molar-refractivity contribution in [2.24, 2.45) is 0 Å². The van der Waals surface area contributed by atoms with E-state index in [0.717, 1.165) is 5.56 Å². The zero-order chi connectivity index (χ0) is 13.8. The number of nitrogens with one attached hydrogen (secondary N) is 1. The zero-order valence-corrected chi connectivity index (χ0v) is 10.2. The van der Waals surface area contributed by atoms with Crippen LogP contribution in [-0.4, -0.2) is 5.91 Å². The summed E-state index contributed by atoms with van der Waals surface area (Å²) in [6.45, 7) is 0.313. The van der Waals surface area contributed by atoms with E-state index in [1.807, 2.05) is 0 Å². The van der Waals surface area contributed by atoms with Gasteiger partial charge in [-0.3, -0.25) is 4.79 Å². The molecule has 0 bridgehead atoms. The molecule has 0 aliphatic heterocycles. The SMILES string of the molecule is Nc1cc(N)cc(C(=O)NCc2ccc(F)cc2)c1. The van der Waals surface area contributed by atoms with Gasteiger partial charge in [-0.05, 0) is 35.9 Å². The van der Waals surface area contributed by atoms with Gasteiger partial charge in [-0.2, -0.15) is 0 Å². The Hall–Kier alpha value is -2.56. The molecular formula is C14H14FN3O. The van der Waals surface area contributed by atoms with Gasteiger partial charge in [0, 0.05) is 23.5 Å². The van der Waals surface area contributed by atoms with Crippen LogP contribution in [0.4, 0.5) is 15.8 Å². The number of nitrogens with two attached hydrogens (primary N) is 2. The molecule has 0 atom stereocenters. The van der Waals surface area contributed by atoms with Gasteiger partial charge in [-0.1, -0.05) is 12.1 Å². The molecular weight excluding hydrogens is 245 g/mol. The van der Waals surface area contributed by atoms with E-state index in [2.05, 4.69) is 5.32 Å². The van der Waals surface area contributed by atoms with Gasteiger partial charge in [0.2, 0.25) is 0 Å². The molecule has 1 amide bonds. The van der Waals surface area contributed by atoms with E-state index in [1.165, 1.54) is 12.1 Å². The highest BCUT2D eigenvalue weighted by Gasteiger charge is 2.07. The molecule has 0 radical (unpaired) electrons. The van der Waals surface area contributed by atoms with E-state index in [-0.39, 0.29) is 11.7 Å². The summed E-state index contributed by atoms with van der Waals surface area (Å²) in [5, 5.41) is 2.72. The third-order valence-electron chi connectivity index (χ3n) is 2.61. The van der Waals surface area contributed by atoms with Crippen LogP contribution in [0.5, 0.6) is 0 Å². The largest absolute Gasteiger partial charge is 0.399 e. The summed E-state index contributed by atoms with van der Waals surface area (Å²) in [6.07, 6.45) is 0. The lowest BCUT2D eigenvalue weighted by Gasteiger charge is -2.07. The first-order chi connectivity index (χ1) is 9.04. The van der Waals surface area contributed by atoms with Gasteiger partial charge in [-0.15, -0.1) is 0 Å². The molecule has 0 heterocycles. The monoisotopic (exact) mass is 259 g/mol. The van der Waals surface area contributed by atoms with Crippen molar-refractivity contribution < 1.29 is 9.18 Å². The lowest BCUT2D eigenvalue weighted by atomic mass is 10.1. The van der Waals surface area contributed by atoms with Crippen molar-refractivity contribution >= 4 is 17.3 Å². The molecule has 5 heteroatoms. The van der Waals surface area contributed by atoms with E-state index in [1.54, 1.807) is 30.3 Å². The first-order valence-electron chi connectivity index (χ1n) is 5.73. The predicted octanol–water partition coefficient (Wildman–Crippen LogP) is 1.92. The zero-order valence-electron chi connectivity index (χ0n) is 10.2. The number of hydrogen-bond acceptors (Lipinski definition) is 3. The van der Waals surface area contributed by atoms with Gasteiger partial charge in [0.05, 0.1) is 0 Å². The number of benzene rings is 2. The van der Waals surface area contributed by atoms with Crippen molar-refractivity contribution in [3.05, 3.63) is 59.4 Å². The van der Waals surface area contributed by atoms with Crippen LogP contribution in [0.2, 0.25) is 0 Å². The van der Waals surface area contributed by atoms with Gasteiger partial charge >= 0.3 is 0 Å². The topological polar surface area (TPSA) is 81.1 Å². The molecule has 0 saturated carbocycles. The molecule has 2 aromatic rings. The van der Waals surface area contributed by atoms with Gasteiger partial charge < -0.3 is 16.8 Å². The number of carbonyl (C=O) groups is 1. The molecule has 0 aliphatic rings. The van der Waals surface area contributed by atoms with Crippen molar-refractivity contribution in [2.75, 3.05) is 11.5 Å². The molecule has 0 fully saturated rings. The van der Waals surface area contributed by atoms with Crippen molar-refractivity contribution in [3.8, 4) is 0 Å². The van der Waals surface area contributed by atoms with E-state index in [0.29, 0.717) is 23.5 Å². The van der Waals surface area contributed by atoms with Crippen LogP contribution in [0, 0.1) is 5.82 Å². The van der Waals surface area contributed by atoms with Crippen LogP contribution in [0.1, 0.15) is 15.9 Å². The minimum atomic E-state index is -0.307. The Morgan fingerprint density at radius 2 is 1.63 bits per heavy atom. The smallest absolute Gasteiger partial charge is 0.251 e. The predicted molar refractivity (Wildman–Crippen MR) is 72.8 cm³/mol. The highest BCUT2D eigenvalue weighted by atomic mass is 19.1. The first kappa shape index (κ1) is 12.9. The second-order valence-corrected chi connectivity index (χ2v) is 4.20. The number of rotatable bonds is 3. The van der Waals surface area contributed by atoms with Crippen LogP contribution in [0.25, 0.3) is 0 Å². The Morgan fingerprint density at radius 1 is 1.05 bits per heavy atom. The second kappa shape index (κ2) is 5.39. The van der Waals surface area contributed by atoms with Crippen molar-refractivity contribution in [1.29, 1.82) is 0 Å². The molecule has 0 aromatic heterocycles. The molecule has 5 N–H and O–H groups in total. The molecule has 0 spiro atoms. The van der Waals surface area contributed by atoms with Crippen LogP contribution < -0.4 is 16.8 Å². The summed E-state index contributed by atoms with van der Waals surface area (Å²) in [6, 6.07) is 10.6. The number of anilines is 2. The third-order valence-corrected chi connectivity index (χ3v) is 2.61. The Bertz CT molecular complexity index is 576. The third kappa shape index (κ3) is 3.45. The van der Waals surface area contributed by atoms with Crippen LogP contribution in [-0.2, 0) is 6.54 Å². The molecule has 0 unspecified atom stereocenters. The fourth-order valence-corrected chi connectivity index (χ4v) is 1.69. The maximum atomic E-state index is 12.7. The van der Waals surface area contributed by atoms with Crippen LogP contribution >= 0.6 is 0 Å². The Morgan fingerprint density at radius 3 is 2.21 bits per heavy atom. The van der Waals surface area contributed by atoms with E-state index < -0.39 is 0 Å². The highest BCUT2D eigenvalue weighted by Crippen LogP contribution is 2.13. The lowest BCUT2D eigenvalue weighted by Crippen LogP contribution is -2.23. The molecule has 98 valence electrons. The number of amides is 1. The van der Waals surface area contributed by atoms with Crippen LogP contribution in [0.3, 0.4) is 0 Å². The lowest BCUT2D eigenvalue weighted by molar-refractivity contribution is 0.0951. The van der Waals surface area contributed by atoms with E-state index >= 15 is 0 Å². The van der Waals surface area contributed by atoms with Gasteiger partial charge in [0.1, 0.15) is 5.82 Å². The number of nitrogen functional groups attached to an aromatic ring is 2. The van der Waals surface area contributed by atoms with Gasteiger partial charge in [-0.25, -0.2) is 4.39 Å². The summed E-state index contributed by atoms with van der Waals surface area (Å²) < 4.78 is 12.7. The van der Waals surface area contributed by atoms with Crippen molar-refractivity contribution in [2.45, 2.75) is 6.54 Å². The maximum Gasteiger partial charge on any atom is 0.251 e. The number of hydrogen-bond donors (Lipinski definition) is 3.